The highest BCUT2D eigenvalue weighted by Gasteiger charge is 2.10. The van der Waals surface area contributed by atoms with Crippen molar-refractivity contribution in [3.8, 4) is 0 Å². The van der Waals surface area contributed by atoms with Crippen LogP contribution < -0.4 is 5.32 Å². The number of nitrogens with one attached hydrogen (secondary N) is 2. The molecule has 0 fully saturated rings. The fourth-order valence-electron chi connectivity index (χ4n) is 1.94. The molecule has 0 aliphatic rings. The van der Waals surface area contributed by atoms with Crippen LogP contribution in [0.15, 0.2) is 30.6 Å². The molecule has 0 bridgehead atoms. The standard InChI is InChI=1S/C15H18ClN3O/c1-10-3-4-12(7-14(10)16)5-6-15(20)19-11(2)13-8-17-18-9-13/h3-4,7-9,11H,5-6H2,1-2H3,(H,17,18)(H,19,20). The van der Waals surface area contributed by atoms with Crippen molar-refractivity contribution in [3.63, 3.8) is 0 Å². The highest BCUT2D eigenvalue weighted by Crippen LogP contribution is 2.17. The molecule has 0 aliphatic carbocycles. The van der Waals surface area contributed by atoms with E-state index in [1.54, 1.807) is 12.4 Å². The quantitative estimate of drug-likeness (QED) is 0.889. The summed E-state index contributed by atoms with van der Waals surface area (Å²) in [6.45, 7) is 3.90. The molecule has 2 aromatic rings. The van der Waals surface area contributed by atoms with Crippen LogP contribution in [0.5, 0.6) is 0 Å². The van der Waals surface area contributed by atoms with Crippen LogP contribution in [-0.2, 0) is 11.2 Å². The van der Waals surface area contributed by atoms with Gasteiger partial charge < -0.3 is 5.32 Å². The fourth-order valence-corrected chi connectivity index (χ4v) is 2.15. The zero-order valence-electron chi connectivity index (χ0n) is 11.6. The second kappa shape index (κ2) is 6.57. The summed E-state index contributed by atoms with van der Waals surface area (Å²) in [4.78, 5) is 11.9. The molecule has 1 aromatic carbocycles. The number of aromatic nitrogens is 2. The molecule has 0 saturated carbocycles. The van der Waals surface area contributed by atoms with Gasteiger partial charge in [0.15, 0.2) is 0 Å². The summed E-state index contributed by atoms with van der Waals surface area (Å²) in [5.74, 6) is 0.0235. The average Bonchev–Trinajstić information content (AvgIpc) is 2.94. The lowest BCUT2D eigenvalue weighted by Gasteiger charge is -2.12. The van der Waals surface area contributed by atoms with Crippen LogP contribution in [0.3, 0.4) is 0 Å². The van der Waals surface area contributed by atoms with E-state index >= 15 is 0 Å². The maximum atomic E-state index is 11.9. The predicted molar refractivity (Wildman–Crippen MR) is 79.7 cm³/mol. The van der Waals surface area contributed by atoms with E-state index in [0.717, 1.165) is 21.7 Å². The summed E-state index contributed by atoms with van der Waals surface area (Å²) in [5.41, 5.74) is 3.09. The molecule has 0 spiro atoms. The van der Waals surface area contributed by atoms with Crippen LogP contribution in [0.1, 0.15) is 36.1 Å². The third-order valence-corrected chi connectivity index (χ3v) is 3.68. The normalized spacial score (nSPS) is 12.2. The Morgan fingerprint density at radius 3 is 2.95 bits per heavy atom. The number of halogens is 1. The van der Waals surface area contributed by atoms with Crippen molar-refractivity contribution < 1.29 is 4.79 Å². The van der Waals surface area contributed by atoms with E-state index in [1.165, 1.54) is 0 Å². The first-order chi connectivity index (χ1) is 9.56. The van der Waals surface area contributed by atoms with Gasteiger partial charge in [-0.15, -0.1) is 0 Å². The number of rotatable bonds is 5. The Morgan fingerprint density at radius 1 is 1.50 bits per heavy atom. The molecule has 2 rings (SSSR count). The second-order valence-electron chi connectivity index (χ2n) is 4.90. The summed E-state index contributed by atoms with van der Waals surface area (Å²) >= 11 is 6.07. The first kappa shape index (κ1) is 14.6. The summed E-state index contributed by atoms with van der Waals surface area (Å²) in [6, 6.07) is 5.87. The van der Waals surface area contributed by atoms with Gasteiger partial charge in [0, 0.05) is 23.2 Å². The maximum Gasteiger partial charge on any atom is 0.220 e. The van der Waals surface area contributed by atoms with Crippen LogP contribution >= 0.6 is 11.6 Å². The number of hydrogen-bond acceptors (Lipinski definition) is 2. The molecule has 5 heteroatoms. The summed E-state index contributed by atoms with van der Waals surface area (Å²) in [6.07, 6.45) is 4.63. The van der Waals surface area contributed by atoms with E-state index in [0.29, 0.717) is 12.8 Å². The summed E-state index contributed by atoms with van der Waals surface area (Å²) in [5, 5.41) is 10.3. The van der Waals surface area contributed by atoms with E-state index in [4.69, 9.17) is 11.6 Å². The van der Waals surface area contributed by atoms with Crippen molar-refractivity contribution >= 4 is 17.5 Å². The maximum absolute atomic E-state index is 11.9. The van der Waals surface area contributed by atoms with Gasteiger partial charge in [0.05, 0.1) is 12.2 Å². The third kappa shape index (κ3) is 3.84. The minimum absolute atomic E-state index is 0.0235. The van der Waals surface area contributed by atoms with Crippen molar-refractivity contribution in [1.29, 1.82) is 0 Å². The number of hydrogen-bond donors (Lipinski definition) is 2. The molecular formula is C15H18ClN3O. The van der Waals surface area contributed by atoms with Crippen LogP contribution in [0.2, 0.25) is 5.02 Å². The molecule has 2 N–H and O–H groups in total. The molecule has 0 radical (unpaired) electrons. The lowest BCUT2D eigenvalue weighted by molar-refractivity contribution is -0.121. The van der Waals surface area contributed by atoms with Crippen molar-refractivity contribution in [2.24, 2.45) is 0 Å². The van der Waals surface area contributed by atoms with Crippen LogP contribution in [0.4, 0.5) is 0 Å². The lowest BCUT2D eigenvalue weighted by atomic mass is 10.1. The molecule has 0 saturated heterocycles. The van der Waals surface area contributed by atoms with E-state index in [-0.39, 0.29) is 11.9 Å². The Labute approximate surface area is 123 Å². The molecule has 1 atom stereocenters. The van der Waals surface area contributed by atoms with Gasteiger partial charge in [0.2, 0.25) is 5.91 Å². The van der Waals surface area contributed by atoms with Crippen molar-refractivity contribution in [3.05, 3.63) is 52.3 Å². The molecular weight excluding hydrogens is 274 g/mol. The highest BCUT2D eigenvalue weighted by atomic mass is 35.5. The number of carbonyl (C=O) groups is 1. The summed E-state index contributed by atoms with van der Waals surface area (Å²) in [7, 11) is 0. The van der Waals surface area contributed by atoms with Gasteiger partial charge in [-0.05, 0) is 37.5 Å². The Morgan fingerprint density at radius 2 is 2.30 bits per heavy atom. The van der Waals surface area contributed by atoms with Gasteiger partial charge in [0.25, 0.3) is 0 Å². The molecule has 0 aliphatic heterocycles. The monoisotopic (exact) mass is 291 g/mol. The minimum atomic E-state index is -0.0390. The largest absolute Gasteiger partial charge is 0.349 e. The zero-order chi connectivity index (χ0) is 14.5. The van der Waals surface area contributed by atoms with Crippen LogP contribution in [0.25, 0.3) is 0 Å². The number of H-pyrrole nitrogens is 1. The minimum Gasteiger partial charge on any atom is -0.349 e. The van der Waals surface area contributed by atoms with Gasteiger partial charge >= 0.3 is 0 Å². The molecule has 1 aromatic heterocycles. The molecule has 106 valence electrons. The van der Waals surface area contributed by atoms with E-state index in [1.807, 2.05) is 32.0 Å². The van der Waals surface area contributed by atoms with Gasteiger partial charge in [-0.2, -0.15) is 5.10 Å². The number of aryl methyl sites for hydroxylation is 2. The van der Waals surface area contributed by atoms with Crippen molar-refractivity contribution in [2.75, 3.05) is 0 Å². The first-order valence-electron chi connectivity index (χ1n) is 6.59. The molecule has 20 heavy (non-hydrogen) atoms. The number of benzene rings is 1. The third-order valence-electron chi connectivity index (χ3n) is 3.27. The number of nitrogens with zero attached hydrogens (tertiary/aromatic N) is 1. The number of aromatic amines is 1. The van der Waals surface area contributed by atoms with E-state index in [9.17, 15) is 4.79 Å². The lowest BCUT2D eigenvalue weighted by Crippen LogP contribution is -2.26. The highest BCUT2D eigenvalue weighted by molar-refractivity contribution is 6.31. The Hall–Kier alpha value is -1.81. The van der Waals surface area contributed by atoms with Crippen LogP contribution in [0, 0.1) is 6.92 Å². The molecule has 1 amide bonds. The second-order valence-corrected chi connectivity index (χ2v) is 5.31. The van der Waals surface area contributed by atoms with Crippen LogP contribution in [-0.4, -0.2) is 16.1 Å². The number of amides is 1. The zero-order valence-corrected chi connectivity index (χ0v) is 12.4. The molecule has 1 heterocycles. The van der Waals surface area contributed by atoms with Gasteiger partial charge in [0.1, 0.15) is 0 Å². The first-order valence-corrected chi connectivity index (χ1v) is 6.97. The molecule has 4 nitrogen and oxygen atoms in total. The summed E-state index contributed by atoms with van der Waals surface area (Å²) < 4.78 is 0. The van der Waals surface area contributed by atoms with Gasteiger partial charge in [-0.1, -0.05) is 23.7 Å². The van der Waals surface area contributed by atoms with Crippen molar-refractivity contribution in [1.82, 2.24) is 15.5 Å². The molecule has 1 unspecified atom stereocenters. The SMILES string of the molecule is Cc1ccc(CCC(=O)NC(C)c2cn[nH]c2)cc1Cl. The average molecular weight is 292 g/mol. The van der Waals surface area contributed by atoms with Gasteiger partial charge in [-0.3, -0.25) is 9.89 Å². The van der Waals surface area contributed by atoms with E-state index in [2.05, 4.69) is 15.5 Å². The smallest absolute Gasteiger partial charge is 0.220 e. The topological polar surface area (TPSA) is 57.8 Å². The number of carbonyl (C=O) groups excluding carboxylic acids is 1. The Kier molecular flexibility index (Phi) is 4.79. The predicted octanol–water partition coefficient (Wildman–Crippen LogP) is 3.18. The van der Waals surface area contributed by atoms with Crippen molar-refractivity contribution in [2.45, 2.75) is 32.7 Å². The van der Waals surface area contributed by atoms with Gasteiger partial charge in [-0.25, -0.2) is 0 Å². The Balaban J connectivity index is 1.84. The Bertz CT molecular complexity index is 581. The fraction of sp³-hybridized carbons (Fsp3) is 0.333. The van der Waals surface area contributed by atoms with E-state index < -0.39 is 0 Å².